The van der Waals surface area contributed by atoms with Crippen LogP contribution in [0.5, 0.6) is 5.75 Å². The first-order chi connectivity index (χ1) is 14.1. The molecule has 1 saturated heterocycles. The van der Waals surface area contributed by atoms with Crippen molar-refractivity contribution in [1.82, 2.24) is 29.9 Å². The Bertz CT molecular complexity index is 1000. The molecule has 3 heterocycles. The van der Waals surface area contributed by atoms with E-state index in [2.05, 4.69) is 62.5 Å². The Kier molecular flexibility index (Phi) is 5.19. The highest BCUT2D eigenvalue weighted by molar-refractivity contribution is 7.09. The maximum Gasteiger partial charge on any atom is 0.245 e. The molecule has 30 heavy (non-hydrogen) atoms. The highest BCUT2D eigenvalue weighted by Gasteiger charge is 2.39. The third-order valence-corrected chi connectivity index (χ3v) is 6.18. The molecule has 0 atom stereocenters. The van der Waals surface area contributed by atoms with E-state index < -0.39 is 0 Å². The monoisotopic (exact) mass is 425 g/mol. The van der Waals surface area contributed by atoms with E-state index in [0.29, 0.717) is 23.2 Å². The van der Waals surface area contributed by atoms with Crippen molar-refractivity contribution in [3.05, 3.63) is 30.7 Å². The first-order valence-electron chi connectivity index (χ1n) is 9.96. The number of aromatic hydroxyl groups is 1. The van der Waals surface area contributed by atoms with Crippen molar-refractivity contribution in [1.29, 1.82) is 0 Å². The summed E-state index contributed by atoms with van der Waals surface area (Å²) in [6, 6.07) is 5.66. The number of rotatable bonds is 4. The lowest BCUT2D eigenvalue weighted by Crippen LogP contribution is -2.62. The van der Waals surface area contributed by atoms with Crippen LogP contribution in [0.25, 0.3) is 21.8 Å². The highest BCUT2D eigenvalue weighted by Crippen LogP contribution is 2.34. The molecule has 1 fully saturated rings. The largest absolute Gasteiger partial charge is 0.507 e. The first-order valence-corrected chi connectivity index (χ1v) is 10.7. The summed E-state index contributed by atoms with van der Waals surface area (Å²) in [5.41, 5.74) is 2.00. The molecule has 4 rings (SSSR count). The van der Waals surface area contributed by atoms with Gasteiger partial charge in [-0.2, -0.15) is 4.37 Å². The smallest absolute Gasteiger partial charge is 0.245 e. The van der Waals surface area contributed by atoms with Crippen LogP contribution < -0.4 is 10.2 Å². The van der Waals surface area contributed by atoms with Gasteiger partial charge >= 0.3 is 0 Å². The van der Waals surface area contributed by atoms with Gasteiger partial charge in [0.1, 0.15) is 22.8 Å². The average Bonchev–Trinajstić information content (AvgIpc) is 3.20. The SMILES string of the molecule is CN(c1ncc(-c2ccc(-c3ncns3)cc2O)nn1)C1CC(C)(C)NC(C)(C)C1. The molecule has 2 N–H and O–H groups in total. The molecule has 0 unspecified atom stereocenters. The van der Waals surface area contributed by atoms with Crippen molar-refractivity contribution in [2.24, 2.45) is 0 Å². The third kappa shape index (κ3) is 4.27. The fourth-order valence-electron chi connectivity index (χ4n) is 4.44. The van der Waals surface area contributed by atoms with Gasteiger partial charge in [-0.25, -0.2) is 9.97 Å². The average molecular weight is 426 g/mol. The normalized spacial score (nSPS) is 18.3. The van der Waals surface area contributed by atoms with Gasteiger partial charge in [-0.15, -0.1) is 10.2 Å². The molecule has 0 aliphatic carbocycles. The van der Waals surface area contributed by atoms with E-state index in [4.69, 9.17) is 0 Å². The van der Waals surface area contributed by atoms with Crippen LogP contribution >= 0.6 is 11.5 Å². The van der Waals surface area contributed by atoms with Crippen LogP contribution in [0.3, 0.4) is 0 Å². The van der Waals surface area contributed by atoms with Gasteiger partial charge in [0.2, 0.25) is 5.95 Å². The number of piperidine rings is 1. The summed E-state index contributed by atoms with van der Waals surface area (Å²) in [6.45, 7) is 8.91. The van der Waals surface area contributed by atoms with Gasteiger partial charge < -0.3 is 15.3 Å². The minimum Gasteiger partial charge on any atom is -0.507 e. The molecular weight excluding hydrogens is 398 g/mol. The van der Waals surface area contributed by atoms with Gasteiger partial charge in [-0.05, 0) is 64.2 Å². The Morgan fingerprint density at radius 3 is 2.40 bits per heavy atom. The lowest BCUT2D eigenvalue weighted by molar-refractivity contribution is 0.160. The van der Waals surface area contributed by atoms with Crippen LogP contribution in [0.4, 0.5) is 5.95 Å². The minimum atomic E-state index is 0.0362. The summed E-state index contributed by atoms with van der Waals surface area (Å²) >= 11 is 1.28. The van der Waals surface area contributed by atoms with Crippen molar-refractivity contribution in [2.75, 3.05) is 11.9 Å². The fourth-order valence-corrected chi connectivity index (χ4v) is 4.96. The number of phenols is 1. The second-order valence-electron chi connectivity index (χ2n) is 9.19. The molecule has 8 nitrogen and oxygen atoms in total. The topological polar surface area (TPSA) is 100.0 Å². The van der Waals surface area contributed by atoms with Crippen molar-refractivity contribution >= 4 is 17.5 Å². The van der Waals surface area contributed by atoms with Crippen LogP contribution in [-0.2, 0) is 0 Å². The summed E-state index contributed by atoms with van der Waals surface area (Å²) in [7, 11) is 2.02. The maximum atomic E-state index is 10.5. The lowest BCUT2D eigenvalue weighted by Gasteiger charge is -2.48. The predicted octanol–water partition coefficient (Wildman–Crippen LogP) is 3.51. The Hall–Kier alpha value is -2.65. The summed E-state index contributed by atoms with van der Waals surface area (Å²) in [5.74, 6) is 0.698. The second-order valence-corrected chi connectivity index (χ2v) is 9.97. The third-order valence-electron chi connectivity index (χ3n) is 5.46. The zero-order valence-electron chi connectivity index (χ0n) is 17.9. The summed E-state index contributed by atoms with van der Waals surface area (Å²) < 4.78 is 4.00. The molecule has 0 saturated carbocycles. The molecule has 9 heteroatoms. The van der Waals surface area contributed by atoms with Crippen molar-refractivity contribution < 1.29 is 5.11 Å². The Labute approximate surface area is 180 Å². The zero-order chi connectivity index (χ0) is 21.5. The molecule has 3 aromatic rings. The Morgan fingerprint density at radius 2 is 1.83 bits per heavy atom. The van der Waals surface area contributed by atoms with Crippen molar-refractivity contribution in [2.45, 2.75) is 57.7 Å². The molecule has 0 radical (unpaired) electrons. The van der Waals surface area contributed by atoms with Crippen LogP contribution in [0.1, 0.15) is 40.5 Å². The van der Waals surface area contributed by atoms with Gasteiger partial charge in [-0.3, -0.25) is 0 Å². The molecule has 158 valence electrons. The van der Waals surface area contributed by atoms with E-state index in [1.165, 1.54) is 17.9 Å². The number of benzene rings is 1. The second kappa shape index (κ2) is 7.55. The van der Waals surface area contributed by atoms with Gasteiger partial charge in [-0.1, -0.05) is 6.07 Å². The number of nitrogens with one attached hydrogen (secondary N) is 1. The quantitative estimate of drug-likeness (QED) is 0.655. The minimum absolute atomic E-state index is 0.0362. The molecular formula is C21H27N7OS. The standard InChI is InChI=1S/C21H27N7OS/c1-20(2)9-14(10-21(3,4)27-20)28(5)19-22-11-16(25-26-19)15-7-6-13(8-17(15)29)18-23-12-24-30-18/h6-8,11-12,14,27,29H,9-10H2,1-5H3. The van der Waals surface area contributed by atoms with Gasteiger partial charge in [0.25, 0.3) is 0 Å². The predicted molar refractivity (Wildman–Crippen MR) is 119 cm³/mol. The zero-order valence-corrected chi connectivity index (χ0v) is 18.7. The molecule has 0 bridgehead atoms. The van der Waals surface area contributed by atoms with E-state index in [1.54, 1.807) is 18.3 Å². The number of aromatic nitrogens is 5. The van der Waals surface area contributed by atoms with Gasteiger partial charge in [0, 0.05) is 35.3 Å². The highest BCUT2D eigenvalue weighted by atomic mass is 32.1. The van der Waals surface area contributed by atoms with E-state index in [0.717, 1.165) is 23.4 Å². The van der Waals surface area contributed by atoms with Crippen LogP contribution in [0.2, 0.25) is 0 Å². The van der Waals surface area contributed by atoms with Crippen molar-refractivity contribution in [3.63, 3.8) is 0 Å². The van der Waals surface area contributed by atoms with E-state index >= 15 is 0 Å². The molecule has 1 aromatic carbocycles. The molecule has 1 aliphatic rings. The van der Waals surface area contributed by atoms with Gasteiger partial charge in [0.05, 0.1) is 6.20 Å². The summed E-state index contributed by atoms with van der Waals surface area (Å²) in [6.07, 6.45) is 5.15. The van der Waals surface area contributed by atoms with E-state index in [9.17, 15) is 5.11 Å². The molecule has 1 aliphatic heterocycles. The van der Waals surface area contributed by atoms with E-state index in [-0.39, 0.29) is 16.8 Å². The summed E-state index contributed by atoms with van der Waals surface area (Å²) in [4.78, 5) is 10.8. The number of hydrogen-bond acceptors (Lipinski definition) is 9. The number of phenolic OH excluding ortho intramolecular Hbond substituents is 1. The number of nitrogens with zero attached hydrogens (tertiary/aromatic N) is 6. The summed E-state index contributed by atoms with van der Waals surface area (Å²) in [5, 5.41) is 23.6. The molecule has 0 spiro atoms. The molecule has 2 aromatic heterocycles. The Balaban J connectivity index is 1.54. The van der Waals surface area contributed by atoms with Crippen LogP contribution in [0, 0.1) is 0 Å². The first kappa shape index (κ1) is 20.6. The Morgan fingerprint density at radius 1 is 1.10 bits per heavy atom. The van der Waals surface area contributed by atoms with Crippen LogP contribution in [-0.4, -0.2) is 53.8 Å². The fraction of sp³-hybridized carbons (Fsp3) is 0.476. The maximum absolute atomic E-state index is 10.5. The van der Waals surface area contributed by atoms with Crippen LogP contribution in [0.15, 0.2) is 30.7 Å². The lowest BCUT2D eigenvalue weighted by atomic mass is 9.79. The number of hydrogen-bond donors (Lipinski definition) is 2. The number of anilines is 1. The van der Waals surface area contributed by atoms with E-state index in [1.807, 2.05) is 13.1 Å². The molecule has 0 amide bonds. The van der Waals surface area contributed by atoms with Crippen molar-refractivity contribution in [3.8, 4) is 27.6 Å². The van der Waals surface area contributed by atoms with Gasteiger partial charge in [0.15, 0.2) is 0 Å².